The Morgan fingerprint density at radius 1 is 1.39 bits per heavy atom. The molecule has 0 radical (unpaired) electrons. The number of H-pyrrole nitrogens is 2. The van der Waals surface area contributed by atoms with E-state index in [1.165, 1.54) is 12.8 Å². The first-order chi connectivity index (χ1) is 8.65. The summed E-state index contributed by atoms with van der Waals surface area (Å²) in [5, 5.41) is 8.79. The average molecular weight is 253 g/mol. The van der Waals surface area contributed by atoms with Crippen LogP contribution in [0.1, 0.15) is 19.8 Å². The molecule has 0 aliphatic carbocycles. The van der Waals surface area contributed by atoms with Crippen molar-refractivity contribution in [2.24, 2.45) is 5.92 Å². The molecule has 2 heterocycles. The maximum Gasteiger partial charge on any atom is 0.342 e. The van der Waals surface area contributed by atoms with Gasteiger partial charge in [-0.2, -0.15) is 0 Å². The summed E-state index contributed by atoms with van der Waals surface area (Å²) in [6, 6.07) is 0. The standard InChI is InChI=1S/C11H19N5O2/c1-8-2-5-16(6-3-8)7-4-12-9-10(17)13-11(18)15-14-9/h8H,2-7H2,1H3,(H,12,14)(H2,13,15,17,18). The lowest BCUT2D eigenvalue weighted by molar-refractivity contribution is 0.199. The third kappa shape index (κ3) is 3.43. The van der Waals surface area contributed by atoms with Crippen LogP contribution in [0, 0.1) is 5.92 Å². The molecule has 1 aliphatic rings. The van der Waals surface area contributed by atoms with Gasteiger partial charge in [0.1, 0.15) is 0 Å². The second-order valence-electron chi connectivity index (χ2n) is 4.81. The zero-order valence-corrected chi connectivity index (χ0v) is 10.5. The number of hydrogen-bond donors (Lipinski definition) is 3. The minimum Gasteiger partial charge on any atom is -0.363 e. The number of likely N-dealkylation sites (tertiary alicyclic amines) is 1. The lowest BCUT2D eigenvalue weighted by atomic mass is 9.99. The Kier molecular flexibility index (Phi) is 4.14. The topological polar surface area (TPSA) is 93.9 Å². The average Bonchev–Trinajstić information content (AvgIpc) is 2.34. The molecule has 0 atom stereocenters. The second-order valence-corrected chi connectivity index (χ2v) is 4.81. The molecule has 3 N–H and O–H groups in total. The number of piperidine rings is 1. The van der Waals surface area contributed by atoms with Crippen LogP contribution in [-0.2, 0) is 0 Å². The summed E-state index contributed by atoms with van der Waals surface area (Å²) in [4.78, 5) is 26.6. The van der Waals surface area contributed by atoms with Crippen LogP contribution in [0.4, 0.5) is 5.82 Å². The van der Waals surface area contributed by atoms with Gasteiger partial charge in [0, 0.05) is 13.1 Å². The fraction of sp³-hybridized carbons (Fsp3) is 0.727. The summed E-state index contributed by atoms with van der Waals surface area (Å²) < 4.78 is 0. The van der Waals surface area contributed by atoms with Gasteiger partial charge in [-0.15, -0.1) is 5.10 Å². The Hall–Kier alpha value is -1.63. The summed E-state index contributed by atoms with van der Waals surface area (Å²) in [6.07, 6.45) is 2.47. The molecule has 0 saturated carbocycles. The van der Waals surface area contributed by atoms with E-state index in [9.17, 15) is 9.59 Å². The van der Waals surface area contributed by atoms with Crippen LogP contribution in [0.25, 0.3) is 0 Å². The van der Waals surface area contributed by atoms with E-state index in [2.05, 4.69) is 32.3 Å². The van der Waals surface area contributed by atoms with E-state index < -0.39 is 11.2 Å². The minimum absolute atomic E-state index is 0.167. The molecule has 2 rings (SSSR count). The van der Waals surface area contributed by atoms with Crippen LogP contribution in [-0.4, -0.2) is 46.3 Å². The Bertz CT molecular complexity index is 487. The lowest BCUT2D eigenvalue weighted by Gasteiger charge is -2.30. The summed E-state index contributed by atoms with van der Waals surface area (Å²) in [7, 11) is 0. The van der Waals surface area contributed by atoms with Gasteiger partial charge in [-0.1, -0.05) is 6.92 Å². The zero-order chi connectivity index (χ0) is 13.0. The highest BCUT2D eigenvalue weighted by molar-refractivity contribution is 5.28. The highest BCUT2D eigenvalue weighted by Crippen LogP contribution is 2.15. The molecule has 7 heteroatoms. The zero-order valence-electron chi connectivity index (χ0n) is 10.5. The van der Waals surface area contributed by atoms with Crippen LogP contribution in [0.15, 0.2) is 9.59 Å². The highest BCUT2D eigenvalue weighted by atomic mass is 16.2. The summed E-state index contributed by atoms with van der Waals surface area (Å²) in [5.41, 5.74) is -1.07. The normalized spacial score (nSPS) is 17.8. The van der Waals surface area contributed by atoms with E-state index in [-0.39, 0.29) is 5.82 Å². The molecule has 1 aliphatic heterocycles. The maximum atomic E-state index is 11.4. The molecule has 1 fully saturated rings. The van der Waals surface area contributed by atoms with E-state index in [0.717, 1.165) is 25.6 Å². The fourth-order valence-corrected chi connectivity index (χ4v) is 2.09. The van der Waals surface area contributed by atoms with Gasteiger partial charge in [-0.25, -0.2) is 9.89 Å². The molecule has 1 aromatic rings. The van der Waals surface area contributed by atoms with Crippen molar-refractivity contribution in [2.45, 2.75) is 19.8 Å². The first-order valence-corrected chi connectivity index (χ1v) is 6.30. The van der Waals surface area contributed by atoms with Gasteiger partial charge in [-0.3, -0.25) is 9.78 Å². The Morgan fingerprint density at radius 3 is 2.78 bits per heavy atom. The number of aromatic amines is 2. The predicted octanol–water partition coefficient (Wildman–Crippen LogP) is -0.398. The van der Waals surface area contributed by atoms with Crippen LogP contribution in [0.5, 0.6) is 0 Å². The van der Waals surface area contributed by atoms with E-state index >= 15 is 0 Å². The third-order valence-electron chi connectivity index (χ3n) is 3.31. The van der Waals surface area contributed by atoms with Crippen molar-refractivity contribution in [2.75, 3.05) is 31.5 Å². The molecule has 7 nitrogen and oxygen atoms in total. The van der Waals surface area contributed by atoms with Gasteiger partial charge >= 0.3 is 5.69 Å². The first kappa shape index (κ1) is 12.8. The smallest absolute Gasteiger partial charge is 0.342 e. The summed E-state index contributed by atoms with van der Waals surface area (Å²) in [5.74, 6) is 0.984. The number of nitrogens with one attached hydrogen (secondary N) is 3. The van der Waals surface area contributed by atoms with E-state index in [1.54, 1.807) is 0 Å². The van der Waals surface area contributed by atoms with Crippen molar-refractivity contribution in [3.05, 3.63) is 20.8 Å². The van der Waals surface area contributed by atoms with Crippen molar-refractivity contribution >= 4 is 5.82 Å². The third-order valence-corrected chi connectivity index (χ3v) is 3.31. The lowest BCUT2D eigenvalue weighted by Crippen LogP contribution is -2.37. The summed E-state index contributed by atoms with van der Waals surface area (Å²) >= 11 is 0. The van der Waals surface area contributed by atoms with E-state index in [4.69, 9.17) is 0 Å². The monoisotopic (exact) mass is 253 g/mol. The van der Waals surface area contributed by atoms with E-state index in [0.29, 0.717) is 6.54 Å². The van der Waals surface area contributed by atoms with Gasteiger partial charge < -0.3 is 10.2 Å². The van der Waals surface area contributed by atoms with Crippen molar-refractivity contribution < 1.29 is 0 Å². The van der Waals surface area contributed by atoms with Crippen LogP contribution >= 0.6 is 0 Å². The van der Waals surface area contributed by atoms with Gasteiger partial charge in [0.15, 0.2) is 0 Å². The number of anilines is 1. The van der Waals surface area contributed by atoms with Gasteiger partial charge in [0.2, 0.25) is 5.82 Å². The quantitative estimate of drug-likeness (QED) is 0.679. The first-order valence-electron chi connectivity index (χ1n) is 6.30. The van der Waals surface area contributed by atoms with Gasteiger partial charge in [0.25, 0.3) is 5.56 Å². The van der Waals surface area contributed by atoms with Crippen molar-refractivity contribution in [1.29, 1.82) is 0 Å². The predicted molar refractivity (Wildman–Crippen MR) is 68.8 cm³/mol. The molecule has 1 saturated heterocycles. The molecule has 0 amide bonds. The highest BCUT2D eigenvalue weighted by Gasteiger charge is 2.14. The van der Waals surface area contributed by atoms with Crippen LogP contribution in [0.3, 0.4) is 0 Å². The molecule has 18 heavy (non-hydrogen) atoms. The van der Waals surface area contributed by atoms with Crippen molar-refractivity contribution in [1.82, 2.24) is 20.1 Å². The molecule has 0 spiro atoms. The Labute approximate surface area is 105 Å². The maximum absolute atomic E-state index is 11.4. The van der Waals surface area contributed by atoms with Gasteiger partial charge in [0.05, 0.1) is 0 Å². The SMILES string of the molecule is CC1CCN(CCNc2n[nH]c(=O)[nH]c2=O)CC1. The molecule has 0 aromatic carbocycles. The molecular formula is C11H19N5O2. The van der Waals surface area contributed by atoms with Crippen LogP contribution in [0.2, 0.25) is 0 Å². The number of nitrogens with zero attached hydrogens (tertiary/aromatic N) is 2. The molecule has 0 bridgehead atoms. The molecule has 100 valence electrons. The van der Waals surface area contributed by atoms with Crippen molar-refractivity contribution in [3.8, 4) is 0 Å². The largest absolute Gasteiger partial charge is 0.363 e. The Balaban J connectivity index is 1.78. The molecular weight excluding hydrogens is 234 g/mol. The molecule has 1 aromatic heterocycles. The van der Waals surface area contributed by atoms with E-state index in [1.807, 2.05) is 0 Å². The number of rotatable bonds is 4. The second kappa shape index (κ2) is 5.81. The van der Waals surface area contributed by atoms with Crippen LogP contribution < -0.4 is 16.6 Å². The Morgan fingerprint density at radius 2 is 2.11 bits per heavy atom. The molecule has 0 unspecified atom stereocenters. The minimum atomic E-state index is -0.587. The fourth-order valence-electron chi connectivity index (χ4n) is 2.09. The van der Waals surface area contributed by atoms with Gasteiger partial charge in [-0.05, 0) is 31.8 Å². The number of hydrogen-bond acceptors (Lipinski definition) is 5. The number of aromatic nitrogens is 3. The summed E-state index contributed by atoms with van der Waals surface area (Å²) in [6.45, 7) is 6.03. The van der Waals surface area contributed by atoms with Crippen molar-refractivity contribution in [3.63, 3.8) is 0 Å².